The van der Waals surface area contributed by atoms with Crippen LogP contribution in [0.3, 0.4) is 0 Å². The summed E-state index contributed by atoms with van der Waals surface area (Å²) in [6, 6.07) is 0. The number of fused-ring (bicyclic) bond motifs is 2. The van der Waals surface area contributed by atoms with Gasteiger partial charge in [-0.1, -0.05) is 6.42 Å². The monoisotopic (exact) mass is 223 g/mol. The average molecular weight is 223 g/mol. The highest BCUT2D eigenvalue weighted by Crippen LogP contribution is 2.50. The van der Waals surface area contributed by atoms with Crippen LogP contribution in [0, 0.1) is 23.7 Å². The molecule has 4 unspecified atom stereocenters. The van der Waals surface area contributed by atoms with E-state index in [-0.39, 0.29) is 6.10 Å². The molecule has 0 spiro atoms. The highest BCUT2D eigenvalue weighted by atomic mass is 16.3. The first-order chi connectivity index (χ1) is 7.83. The van der Waals surface area contributed by atoms with E-state index in [1.54, 1.807) is 0 Å². The first-order valence-corrected chi connectivity index (χ1v) is 7.21. The molecule has 1 heterocycles. The van der Waals surface area contributed by atoms with Gasteiger partial charge in [0.2, 0.25) is 0 Å². The van der Waals surface area contributed by atoms with Crippen LogP contribution in [0.4, 0.5) is 0 Å². The molecule has 3 rings (SSSR count). The molecule has 2 saturated carbocycles. The second-order valence-electron chi connectivity index (χ2n) is 6.33. The molecule has 0 aromatic carbocycles. The van der Waals surface area contributed by atoms with Crippen molar-refractivity contribution >= 4 is 0 Å². The van der Waals surface area contributed by atoms with Gasteiger partial charge in [0.1, 0.15) is 0 Å². The SMILES string of the molecule is OC(CC1CC2CCC1C2)C1CCNCC1. The quantitative estimate of drug-likeness (QED) is 0.768. The van der Waals surface area contributed by atoms with E-state index in [4.69, 9.17) is 0 Å². The minimum atomic E-state index is -0.00792. The fourth-order valence-corrected chi connectivity index (χ4v) is 4.40. The van der Waals surface area contributed by atoms with Gasteiger partial charge >= 0.3 is 0 Å². The Morgan fingerprint density at radius 3 is 2.50 bits per heavy atom. The van der Waals surface area contributed by atoms with Crippen molar-refractivity contribution in [2.24, 2.45) is 23.7 Å². The fourth-order valence-electron chi connectivity index (χ4n) is 4.40. The van der Waals surface area contributed by atoms with E-state index in [1.165, 1.54) is 38.5 Å². The van der Waals surface area contributed by atoms with Crippen LogP contribution < -0.4 is 5.32 Å². The predicted octanol–water partition coefficient (Wildman–Crippen LogP) is 2.17. The number of piperidine rings is 1. The lowest BCUT2D eigenvalue weighted by Gasteiger charge is -2.31. The maximum atomic E-state index is 10.3. The molecule has 1 saturated heterocycles. The number of nitrogens with one attached hydrogen (secondary N) is 1. The van der Waals surface area contributed by atoms with Crippen molar-refractivity contribution in [2.75, 3.05) is 13.1 Å². The summed E-state index contributed by atoms with van der Waals surface area (Å²) < 4.78 is 0. The molecule has 2 nitrogen and oxygen atoms in total. The Bertz CT molecular complexity index is 237. The molecule has 3 fully saturated rings. The largest absolute Gasteiger partial charge is 0.393 e. The minimum Gasteiger partial charge on any atom is -0.393 e. The van der Waals surface area contributed by atoms with Crippen LogP contribution in [-0.4, -0.2) is 24.3 Å². The lowest BCUT2D eigenvalue weighted by Crippen LogP contribution is -2.35. The Morgan fingerprint density at radius 2 is 1.88 bits per heavy atom. The summed E-state index contributed by atoms with van der Waals surface area (Å²) >= 11 is 0. The molecule has 0 aromatic heterocycles. The molecule has 2 bridgehead atoms. The van der Waals surface area contributed by atoms with Crippen LogP contribution >= 0.6 is 0 Å². The standard InChI is InChI=1S/C14H25NO/c16-14(11-3-5-15-6-4-11)9-13-8-10-1-2-12(13)7-10/h10-16H,1-9H2. The van der Waals surface area contributed by atoms with Gasteiger partial charge in [-0.15, -0.1) is 0 Å². The van der Waals surface area contributed by atoms with Crippen molar-refractivity contribution in [3.05, 3.63) is 0 Å². The molecule has 2 heteroatoms. The molecule has 0 radical (unpaired) electrons. The lowest BCUT2D eigenvalue weighted by molar-refractivity contribution is 0.0562. The molecule has 92 valence electrons. The van der Waals surface area contributed by atoms with Crippen molar-refractivity contribution in [3.8, 4) is 0 Å². The molecular formula is C14H25NO. The van der Waals surface area contributed by atoms with Gasteiger partial charge in [-0.3, -0.25) is 0 Å². The third-order valence-electron chi connectivity index (χ3n) is 5.36. The summed E-state index contributed by atoms with van der Waals surface area (Å²) in [6.07, 6.45) is 9.29. The van der Waals surface area contributed by atoms with Crippen molar-refractivity contribution in [1.29, 1.82) is 0 Å². The van der Waals surface area contributed by atoms with Crippen molar-refractivity contribution < 1.29 is 5.11 Å². The van der Waals surface area contributed by atoms with Gasteiger partial charge in [-0.25, -0.2) is 0 Å². The van der Waals surface area contributed by atoms with Crippen LogP contribution in [0.2, 0.25) is 0 Å². The van der Waals surface area contributed by atoms with E-state index in [9.17, 15) is 5.11 Å². The van der Waals surface area contributed by atoms with Crippen LogP contribution in [0.5, 0.6) is 0 Å². The van der Waals surface area contributed by atoms with Gasteiger partial charge in [-0.05, 0) is 75.3 Å². The van der Waals surface area contributed by atoms with E-state index in [0.29, 0.717) is 5.92 Å². The molecule has 4 atom stereocenters. The summed E-state index contributed by atoms with van der Waals surface area (Å²) in [6.45, 7) is 2.22. The fraction of sp³-hybridized carbons (Fsp3) is 1.00. The highest BCUT2D eigenvalue weighted by molar-refractivity contribution is 4.91. The van der Waals surface area contributed by atoms with Gasteiger partial charge in [0.15, 0.2) is 0 Å². The predicted molar refractivity (Wildman–Crippen MR) is 65.2 cm³/mol. The summed E-state index contributed by atoms with van der Waals surface area (Å²) in [5, 5.41) is 13.7. The Balaban J connectivity index is 1.50. The highest BCUT2D eigenvalue weighted by Gasteiger charge is 2.40. The Hall–Kier alpha value is -0.0800. The van der Waals surface area contributed by atoms with Crippen LogP contribution in [0.1, 0.15) is 44.9 Å². The zero-order valence-corrected chi connectivity index (χ0v) is 10.2. The van der Waals surface area contributed by atoms with E-state index in [1.807, 2.05) is 0 Å². The van der Waals surface area contributed by atoms with E-state index < -0.39 is 0 Å². The van der Waals surface area contributed by atoms with E-state index in [2.05, 4.69) is 5.32 Å². The summed E-state index contributed by atoms with van der Waals surface area (Å²) in [5.74, 6) is 3.45. The van der Waals surface area contributed by atoms with Gasteiger partial charge < -0.3 is 10.4 Å². The van der Waals surface area contributed by atoms with Gasteiger partial charge in [0, 0.05) is 0 Å². The maximum Gasteiger partial charge on any atom is 0.0572 e. The normalized spacial score (nSPS) is 41.4. The number of hydrogen-bond acceptors (Lipinski definition) is 2. The van der Waals surface area contributed by atoms with Crippen LogP contribution in [0.25, 0.3) is 0 Å². The Labute approximate surface area is 98.8 Å². The number of rotatable bonds is 3. The molecule has 2 aliphatic carbocycles. The molecular weight excluding hydrogens is 198 g/mol. The van der Waals surface area contributed by atoms with Gasteiger partial charge in [0.25, 0.3) is 0 Å². The smallest absolute Gasteiger partial charge is 0.0572 e. The number of hydrogen-bond donors (Lipinski definition) is 2. The average Bonchev–Trinajstić information content (AvgIpc) is 2.92. The molecule has 2 N–H and O–H groups in total. The van der Waals surface area contributed by atoms with Crippen molar-refractivity contribution in [3.63, 3.8) is 0 Å². The van der Waals surface area contributed by atoms with Crippen molar-refractivity contribution in [1.82, 2.24) is 5.32 Å². The van der Waals surface area contributed by atoms with Crippen LogP contribution in [0.15, 0.2) is 0 Å². The molecule has 0 aromatic rings. The second-order valence-corrected chi connectivity index (χ2v) is 6.33. The minimum absolute atomic E-state index is 0.00792. The van der Waals surface area contributed by atoms with Crippen LogP contribution in [-0.2, 0) is 0 Å². The Kier molecular flexibility index (Phi) is 3.21. The third-order valence-corrected chi connectivity index (χ3v) is 5.36. The second kappa shape index (κ2) is 4.66. The molecule has 3 aliphatic rings. The number of aliphatic hydroxyl groups is 1. The summed E-state index contributed by atoms with van der Waals surface area (Å²) in [4.78, 5) is 0. The van der Waals surface area contributed by atoms with Crippen molar-refractivity contribution in [2.45, 2.75) is 51.0 Å². The summed E-state index contributed by atoms with van der Waals surface area (Å²) in [7, 11) is 0. The van der Waals surface area contributed by atoms with E-state index >= 15 is 0 Å². The maximum absolute atomic E-state index is 10.3. The first kappa shape index (κ1) is 11.0. The molecule has 1 aliphatic heterocycles. The van der Waals surface area contributed by atoms with Gasteiger partial charge in [0.05, 0.1) is 6.10 Å². The van der Waals surface area contributed by atoms with Gasteiger partial charge in [-0.2, -0.15) is 0 Å². The molecule has 0 amide bonds. The molecule has 16 heavy (non-hydrogen) atoms. The zero-order chi connectivity index (χ0) is 11.0. The Morgan fingerprint density at radius 1 is 1.06 bits per heavy atom. The zero-order valence-electron chi connectivity index (χ0n) is 10.2. The number of aliphatic hydroxyl groups excluding tert-OH is 1. The third kappa shape index (κ3) is 2.14. The summed E-state index contributed by atoms with van der Waals surface area (Å²) in [5.41, 5.74) is 0. The van der Waals surface area contributed by atoms with E-state index in [0.717, 1.165) is 37.3 Å². The lowest BCUT2D eigenvalue weighted by atomic mass is 9.80. The topological polar surface area (TPSA) is 32.3 Å². The first-order valence-electron chi connectivity index (χ1n) is 7.21.